The number of aromatic nitrogens is 4. The summed E-state index contributed by atoms with van der Waals surface area (Å²) < 4.78 is 1.73. The molecular formula is C23H22N8O5S2. The largest absolute Gasteiger partial charge is 0.543 e. The molecule has 196 valence electrons. The van der Waals surface area contributed by atoms with E-state index in [1.54, 1.807) is 53.7 Å². The molecule has 1 saturated heterocycles. The number of thiazole rings is 1. The van der Waals surface area contributed by atoms with Gasteiger partial charge in [0.15, 0.2) is 35.0 Å². The number of oxime groups is 1. The molecule has 0 saturated carbocycles. The molecular weight excluding hydrogens is 532 g/mol. The van der Waals surface area contributed by atoms with Crippen LogP contribution in [-0.2, 0) is 30.6 Å². The second kappa shape index (κ2) is 10.3. The number of aliphatic carboxylic acids is 1. The van der Waals surface area contributed by atoms with E-state index in [0.29, 0.717) is 11.4 Å². The van der Waals surface area contributed by atoms with Crippen molar-refractivity contribution in [3.8, 4) is 0 Å². The number of carboxylic acid groups (broad SMARTS) is 1. The lowest BCUT2D eigenvalue weighted by molar-refractivity contribution is -0.689. The average molecular weight is 555 g/mol. The number of aromatic amines is 1. The smallest absolute Gasteiger partial charge is 0.267 e. The number of hydrogen-bond donors (Lipinski definition) is 3. The molecule has 38 heavy (non-hydrogen) atoms. The Bertz CT molecular complexity index is 1420. The lowest BCUT2D eigenvalue weighted by atomic mass is 9.96. The van der Waals surface area contributed by atoms with Crippen LogP contribution in [0, 0.1) is 0 Å². The molecule has 1 fully saturated rings. The maximum Gasteiger partial charge on any atom is 0.267 e. The van der Waals surface area contributed by atoms with E-state index in [9.17, 15) is 19.5 Å². The van der Waals surface area contributed by atoms with Crippen LogP contribution in [0.15, 0.2) is 64.7 Å². The minimum atomic E-state index is -1.54. The third kappa shape index (κ3) is 4.72. The van der Waals surface area contributed by atoms with Crippen molar-refractivity contribution in [3.63, 3.8) is 0 Å². The SMILES string of the molecule is CC(ON=CC(=O)NC1(c2csc(N)n2)S[C@H]2CC(=O)N2C(C(=O)[O-])=C1C[n+]1ccccc1)c1ccn[nH]1. The van der Waals surface area contributed by atoms with Crippen LogP contribution in [0.1, 0.15) is 30.8 Å². The fourth-order valence-corrected chi connectivity index (χ4v) is 6.56. The molecule has 2 aliphatic rings. The van der Waals surface area contributed by atoms with Gasteiger partial charge in [-0.3, -0.25) is 19.6 Å². The van der Waals surface area contributed by atoms with Crippen molar-refractivity contribution in [3.05, 3.63) is 70.9 Å². The van der Waals surface area contributed by atoms with Gasteiger partial charge in [0.25, 0.3) is 5.91 Å². The first-order valence-electron chi connectivity index (χ1n) is 11.4. The number of anilines is 1. The summed E-state index contributed by atoms with van der Waals surface area (Å²) in [4.78, 5) is 47.6. The van der Waals surface area contributed by atoms with E-state index >= 15 is 0 Å². The number of carbonyl (C=O) groups excluding carboxylic acids is 3. The van der Waals surface area contributed by atoms with Gasteiger partial charge in [0.1, 0.15) is 6.21 Å². The number of carbonyl (C=O) groups is 3. The number of nitrogens with zero attached hydrogens (tertiary/aromatic N) is 5. The number of nitrogen functional groups attached to an aromatic ring is 1. The maximum absolute atomic E-state index is 13.2. The normalized spacial score (nSPS) is 21.7. The summed E-state index contributed by atoms with van der Waals surface area (Å²) in [5.41, 5.74) is 6.81. The van der Waals surface area contributed by atoms with Crippen molar-refractivity contribution in [2.75, 3.05) is 5.73 Å². The van der Waals surface area contributed by atoms with E-state index < -0.39 is 28.2 Å². The topological polar surface area (TPSA) is 183 Å². The first-order valence-corrected chi connectivity index (χ1v) is 13.2. The summed E-state index contributed by atoms with van der Waals surface area (Å²) in [6.45, 7) is 1.74. The van der Waals surface area contributed by atoms with Crippen LogP contribution < -0.4 is 20.7 Å². The highest BCUT2D eigenvalue weighted by Crippen LogP contribution is 2.54. The van der Waals surface area contributed by atoms with Crippen LogP contribution in [0.2, 0.25) is 0 Å². The van der Waals surface area contributed by atoms with Crippen molar-refractivity contribution in [2.45, 2.75) is 36.2 Å². The summed E-state index contributed by atoms with van der Waals surface area (Å²) in [6, 6.07) is 7.08. The van der Waals surface area contributed by atoms with E-state index in [-0.39, 0.29) is 35.3 Å². The van der Waals surface area contributed by atoms with Crippen molar-refractivity contribution in [2.24, 2.45) is 5.16 Å². The first-order chi connectivity index (χ1) is 18.3. The number of β-lactam (4-membered cyclic amide) rings is 1. The first kappa shape index (κ1) is 25.4. The lowest BCUT2D eigenvalue weighted by Gasteiger charge is -2.51. The number of rotatable bonds is 9. The molecule has 2 unspecified atom stereocenters. The van der Waals surface area contributed by atoms with Gasteiger partial charge in [0.05, 0.1) is 40.4 Å². The Morgan fingerprint density at radius 1 is 1.45 bits per heavy atom. The number of H-pyrrole nitrogens is 1. The van der Waals surface area contributed by atoms with Crippen molar-refractivity contribution >= 4 is 52.2 Å². The Balaban J connectivity index is 1.55. The molecule has 15 heteroatoms. The zero-order valence-electron chi connectivity index (χ0n) is 19.9. The molecule has 4 N–H and O–H groups in total. The van der Waals surface area contributed by atoms with Gasteiger partial charge in [-0.2, -0.15) is 5.10 Å². The zero-order valence-corrected chi connectivity index (χ0v) is 21.6. The number of pyridine rings is 1. The number of nitrogens with two attached hydrogens (primary N) is 1. The van der Waals surface area contributed by atoms with E-state index in [2.05, 4.69) is 25.7 Å². The van der Waals surface area contributed by atoms with Crippen LogP contribution >= 0.6 is 23.1 Å². The summed E-state index contributed by atoms with van der Waals surface area (Å²) >= 11 is 2.34. The zero-order chi connectivity index (χ0) is 26.9. The minimum Gasteiger partial charge on any atom is -0.543 e. The van der Waals surface area contributed by atoms with Crippen LogP contribution in [0.4, 0.5) is 5.13 Å². The highest BCUT2D eigenvalue weighted by atomic mass is 32.2. The molecule has 5 rings (SSSR count). The molecule has 2 amide bonds. The molecule has 0 bridgehead atoms. The van der Waals surface area contributed by atoms with Gasteiger partial charge in [-0.1, -0.05) is 23.0 Å². The number of nitrogens with one attached hydrogen (secondary N) is 2. The predicted molar refractivity (Wildman–Crippen MR) is 134 cm³/mol. The number of amides is 2. The van der Waals surface area contributed by atoms with E-state index in [1.165, 1.54) is 16.7 Å². The molecule has 3 atom stereocenters. The Labute approximate surface area is 224 Å². The number of carboxylic acids is 1. The van der Waals surface area contributed by atoms with E-state index in [0.717, 1.165) is 17.6 Å². The second-order valence-electron chi connectivity index (χ2n) is 8.44. The van der Waals surface area contributed by atoms with Gasteiger partial charge >= 0.3 is 0 Å². The molecule has 3 aromatic heterocycles. The van der Waals surface area contributed by atoms with Crippen LogP contribution in [0.5, 0.6) is 0 Å². The van der Waals surface area contributed by atoms with Crippen LogP contribution in [0.25, 0.3) is 0 Å². The van der Waals surface area contributed by atoms with Gasteiger partial charge in [0, 0.05) is 23.7 Å². The molecule has 0 aromatic carbocycles. The highest BCUT2D eigenvalue weighted by Gasteiger charge is 2.56. The van der Waals surface area contributed by atoms with Gasteiger partial charge < -0.3 is 25.8 Å². The predicted octanol–water partition coefficient (Wildman–Crippen LogP) is -0.222. The Morgan fingerprint density at radius 3 is 2.87 bits per heavy atom. The van der Waals surface area contributed by atoms with Gasteiger partial charge in [-0.15, -0.1) is 11.3 Å². The molecule has 2 aliphatic heterocycles. The molecule has 0 radical (unpaired) electrons. The molecule has 3 aromatic rings. The fourth-order valence-electron chi connectivity index (χ4n) is 4.23. The Morgan fingerprint density at radius 2 is 2.24 bits per heavy atom. The van der Waals surface area contributed by atoms with Gasteiger partial charge in [0.2, 0.25) is 5.91 Å². The molecule has 0 aliphatic carbocycles. The third-order valence-electron chi connectivity index (χ3n) is 6.01. The fraction of sp³-hybridized carbons (Fsp3) is 0.261. The van der Waals surface area contributed by atoms with E-state index in [1.807, 2.05) is 6.07 Å². The average Bonchev–Trinajstić information content (AvgIpc) is 3.58. The van der Waals surface area contributed by atoms with Crippen molar-refractivity contribution in [1.29, 1.82) is 0 Å². The van der Waals surface area contributed by atoms with E-state index in [4.69, 9.17) is 10.6 Å². The quantitative estimate of drug-likeness (QED) is 0.139. The molecule has 0 spiro atoms. The minimum absolute atomic E-state index is 0.00979. The molecule has 13 nitrogen and oxygen atoms in total. The summed E-state index contributed by atoms with van der Waals surface area (Å²) in [7, 11) is 0. The Hall–Kier alpha value is -4.24. The summed E-state index contributed by atoms with van der Waals surface area (Å²) in [5.74, 6) is -2.56. The maximum atomic E-state index is 13.2. The monoisotopic (exact) mass is 554 g/mol. The second-order valence-corrected chi connectivity index (χ2v) is 10.7. The number of fused-ring (bicyclic) bond motifs is 1. The summed E-state index contributed by atoms with van der Waals surface area (Å²) in [5, 5.41) is 27.1. The van der Waals surface area contributed by atoms with Crippen LogP contribution in [-0.4, -0.2) is 49.5 Å². The van der Waals surface area contributed by atoms with Crippen LogP contribution in [0.3, 0.4) is 0 Å². The van der Waals surface area contributed by atoms with Crippen molar-refractivity contribution in [1.82, 2.24) is 25.4 Å². The number of thioether (sulfide) groups is 1. The van der Waals surface area contributed by atoms with Gasteiger partial charge in [-0.05, 0) is 13.0 Å². The lowest BCUT2D eigenvalue weighted by Crippen LogP contribution is -2.63. The standard InChI is InChI=1S/C23H22N8O5S2/c1-13(15-5-6-25-29-15)36-26-10-17(32)28-23(16-12-37-22(24)27-16)14(11-30-7-3-2-4-8-30)20(21(34)35)31-18(33)9-19(31)38-23/h2-8,10,12-13,19H,9,11H2,1H3,(H4-,24,25,27,28,29,32,34,35)/t13?,19-,23?/m0/s1. The molecule has 5 heterocycles. The summed E-state index contributed by atoms with van der Waals surface area (Å²) in [6.07, 6.45) is 5.59. The van der Waals surface area contributed by atoms with Gasteiger partial charge in [-0.25, -0.2) is 9.55 Å². The Kier molecular flexibility index (Phi) is 6.86. The number of hydrogen-bond acceptors (Lipinski definition) is 11. The third-order valence-corrected chi connectivity index (χ3v) is 8.25. The van der Waals surface area contributed by atoms with Crippen molar-refractivity contribution < 1.29 is 28.9 Å². The highest BCUT2D eigenvalue weighted by molar-refractivity contribution is 8.01.